The second kappa shape index (κ2) is 10.4. The molecule has 4 rings (SSSR count). The van der Waals surface area contributed by atoms with Gasteiger partial charge in [-0.25, -0.2) is 0 Å². The van der Waals surface area contributed by atoms with Crippen LogP contribution in [0.25, 0.3) is 22.3 Å². The van der Waals surface area contributed by atoms with Crippen molar-refractivity contribution in [3.8, 4) is 22.8 Å². The van der Waals surface area contributed by atoms with Crippen LogP contribution in [0.2, 0.25) is 10.0 Å². The highest BCUT2D eigenvalue weighted by atomic mass is 35.5. The minimum absolute atomic E-state index is 0.0410. The summed E-state index contributed by atoms with van der Waals surface area (Å²) >= 11 is 12.0. The maximum atomic E-state index is 13.4. The minimum atomic E-state index is -4.63. The Morgan fingerprint density at radius 3 is 2.38 bits per heavy atom. The SMILES string of the molecule is COc1ccc(-c2oc3ccc(Cl)cc3c(=O)c2OC(C)C(=O)Nc2cc(C(F)(F)F)ccc2Cl)cc1. The largest absolute Gasteiger partial charge is 0.497 e. The molecule has 6 nitrogen and oxygen atoms in total. The van der Waals surface area contributed by atoms with Crippen LogP contribution in [-0.4, -0.2) is 19.1 Å². The van der Waals surface area contributed by atoms with Crippen molar-refractivity contribution in [1.29, 1.82) is 0 Å². The molecule has 4 aromatic rings. The van der Waals surface area contributed by atoms with E-state index in [1.54, 1.807) is 30.3 Å². The maximum absolute atomic E-state index is 13.4. The number of fused-ring (bicyclic) bond motifs is 1. The third-order valence-electron chi connectivity index (χ3n) is 5.38. The number of hydrogen-bond donors (Lipinski definition) is 1. The van der Waals surface area contributed by atoms with Gasteiger partial charge in [0.2, 0.25) is 11.2 Å². The Morgan fingerprint density at radius 2 is 1.73 bits per heavy atom. The molecule has 1 unspecified atom stereocenters. The Labute approximate surface area is 218 Å². The van der Waals surface area contributed by atoms with E-state index in [-0.39, 0.29) is 38.2 Å². The minimum Gasteiger partial charge on any atom is -0.497 e. The first-order valence-electron chi connectivity index (χ1n) is 10.7. The fraction of sp³-hybridized carbons (Fsp3) is 0.154. The average molecular weight is 552 g/mol. The summed E-state index contributed by atoms with van der Waals surface area (Å²) in [5, 5.41) is 2.62. The molecule has 0 bridgehead atoms. The lowest BCUT2D eigenvalue weighted by Crippen LogP contribution is -2.32. The van der Waals surface area contributed by atoms with Gasteiger partial charge in [0, 0.05) is 10.6 Å². The molecule has 0 aliphatic rings. The molecular weight excluding hydrogens is 534 g/mol. The monoisotopic (exact) mass is 551 g/mol. The Bertz CT molecular complexity index is 1530. The first kappa shape index (κ1) is 26.4. The van der Waals surface area contributed by atoms with Crippen molar-refractivity contribution in [2.24, 2.45) is 0 Å². The van der Waals surface area contributed by atoms with Crippen molar-refractivity contribution in [2.45, 2.75) is 19.2 Å². The van der Waals surface area contributed by atoms with Crippen molar-refractivity contribution in [1.82, 2.24) is 0 Å². The van der Waals surface area contributed by atoms with E-state index < -0.39 is 29.2 Å². The smallest absolute Gasteiger partial charge is 0.416 e. The van der Waals surface area contributed by atoms with Crippen LogP contribution < -0.4 is 20.2 Å². The van der Waals surface area contributed by atoms with Crippen LogP contribution in [0.5, 0.6) is 11.5 Å². The molecule has 0 radical (unpaired) electrons. The van der Waals surface area contributed by atoms with E-state index in [9.17, 15) is 22.8 Å². The Balaban J connectivity index is 1.72. The molecule has 11 heteroatoms. The number of halogens is 5. The predicted molar refractivity (Wildman–Crippen MR) is 135 cm³/mol. The van der Waals surface area contributed by atoms with Crippen molar-refractivity contribution < 1.29 is 31.9 Å². The van der Waals surface area contributed by atoms with E-state index in [4.69, 9.17) is 37.1 Å². The highest BCUT2D eigenvalue weighted by Crippen LogP contribution is 2.35. The number of amides is 1. The molecule has 1 atom stereocenters. The summed E-state index contributed by atoms with van der Waals surface area (Å²) in [6.45, 7) is 1.33. The van der Waals surface area contributed by atoms with Crippen LogP contribution in [0.3, 0.4) is 0 Å². The van der Waals surface area contributed by atoms with Crippen molar-refractivity contribution in [3.05, 3.63) is 86.5 Å². The van der Waals surface area contributed by atoms with Gasteiger partial charge in [-0.2, -0.15) is 13.2 Å². The number of alkyl halides is 3. The summed E-state index contributed by atoms with van der Waals surface area (Å²) in [6.07, 6.45) is -5.97. The third kappa shape index (κ3) is 5.68. The van der Waals surface area contributed by atoms with E-state index in [0.29, 0.717) is 17.4 Å². The molecule has 0 aliphatic carbocycles. The van der Waals surface area contributed by atoms with Gasteiger partial charge in [0.05, 0.1) is 28.8 Å². The number of ether oxygens (including phenoxy) is 2. The van der Waals surface area contributed by atoms with Crippen LogP contribution in [0.4, 0.5) is 18.9 Å². The Kier molecular flexibility index (Phi) is 7.38. The van der Waals surface area contributed by atoms with Gasteiger partial charge >= 0.3 is 6.18 Å². The van der Waals surface area contributed by atoms with Crippen molar-refractivity contribution in [3.63, 3.8) is 0 Å². The van der Waals surface area contributed by atoms with Gasteiger partial charge < -0.3 is 19.2 Å². The van der Waals surface area contributed by atoms with Gasteiger partial charge in [-0.1, -0.05) is 23.2 Å². The van der Waals surface area contributed by atoms with Gasteiger partial charge in [-0.05, 0) is 67.6 Å². The highest BCUT2D eigenvalue weighted by molar-refractivity contribution is 6.33. The average Bonchev–Trinajstić information content (AvgIpc) is 2.86. The number of nitrogens with one attached hydrogen (secondary N) is 1. The summed E-state index contributed by atoms with van der Waals surface area (Å²) in [5.74, 6) is -0.517. The van der Waals surface area contributed by atoms with Gasteiger partial charge in [-0.3, -0.25) is 9.59 Å². The number of anilines is 1. The van der Waals surface area contributed by atoms with E-state index in [2.05, 4.69) is 5.32 Å². The van der Waals surface area contributed by atoms with Gasteiger partial charge in [0.25, 0.3) is 5.91 Å². The van der Waals surface area contributed by atoms with Gasteiger partial charge in [-0.15, -0.1) is 0 Å². The molecule has 0 saturated carbocycles. The summed E-state index contributed by atoms with van der Waals surface area (Å²) < 4.78 is 56.1. The predicted octanol–water partition coefficient (Wildman–Crippen LogP) is 7.20. The number of hydrogen-bond acceptors (Lipinski definition) is 5. The summed E-state index contributed by atoms with van der Waals surface area (Å²) in [4.78, 5) is 26.2. The number of carbonyl (C=O) groups excluding carboxylic acids is 1. The lowest BCUT2D eigenvalue weighted by Gasteiger charge is -2.18. The van der Waals surface area contributed by atoms with E-state index in [1.165, 1.54) is 26.2 Å². The molecule has 37 heavy (non-hydrogen) atoms. The summed E-state index contributed by atoms with van der Waals surface area (Å²) in [6, 6.07) is 13.6. The second-order valence-electron chi connectivity index (χ2n) is 7.90. The molecule has 1 N–H and O–H groups in total. The summed E-state index contributed by atoms with van der Waals surface area (Å²) in [7, 11) is 1.50. The fourth-order valence-corrected chi connectivity index (χ4v) is 3.79. The highest BCUT2D eigenvalue weighted by Gasteiger charge is 2.31. The molecule has 1 amide bonds. The normalized spacial score (nSPS) is 12.3. The zero-order valence-corrected chi connectivity index (χ0v) is 20.8. The maximum Gasteiger partial charge on any atom is 0.416 e. The Hall–Kier alpha value is -3.69. The van der Waals surface area contributed by atoms with E-state index in [1.807, 2.05) is 0 Å². The quantitative estimate of drug-likeness (QED) is 0.274. The zero-order chi connectivity index (χ0) is 26.9. The number of carbonyl (C=O) groups is 1. The van der Waals surface area contributed by atoms with E-state index >= 15 is 0 Å². The molecule has 0 spiro atoms. The van der Waals surface area contributed by atoms with Crippen LogP contribution in [0, 0.1) is 0 Å². The molecule has 192 valence electrons. The van der Waals surface area contributed by atoms with Gasteiger partial charge in [0.1, 0.15) is 11.3 Å². The first-order chi connectivity index (χ1) is 17.5. The number of benzene rings is 3. The molecular formula is C26H18Cl2F3NO5. The van der Waals surface area contributed by atoms with Crippen LogP contribution in [-0.2, 0) is 11.0 Å². The number of methoxy groups -OCH3 is 1. The molecule has 1 heterocycles. The van der Waals surface area contributed by atoms with E-state index in [0.717, 1.165) is 12.1 Å². The molecule has 0 saturated heterocycles. The first-order valence-corrected chi connectivity index (χ1v) is 11.5. The summed E-state index contributed by atoms with van der Waals surface area (Å²) in [5.41, 5.74) is -1.15. The number of rotatable bonds is 6. The van der Waals surface area contributed by atoms with Crippen molar-refractivity contribution in [2.75, 3.05) is 12.4 Å². The second-order valence-corrected chi connectivity index (χ2v) is 8.74. The molecule has 0 fully saturated rings. The third-order valence-corrected chi connectivity index (χ3v) is 5.94. The molecule has 3 aromatic carbocycles. The Morgan fingerprint density at radius 1 is 1.03 bits per heavy atom. The van der Waals surface area contributed by atoms with Crippen molar-refractivity contribution >= 4 is 45.8 Å². The lowest BCUT2D eigenvalue weighted by atomic mass is 10.1. The van der Waals surface area contributed by atoms with Crippen LogP contribution in [0.15, 0.2) is 69.9 Å². The van der Waals surface area contributed by atoms with Crippen LogP contribution >= 0.6 is 23.2 Å². The molecule has 0 aliphatic heterocycles. The molecule has 1 aromatic heterocycles. The lowest BCUT2D eigenvalue weighted by molar-refractivity contribution is -0.137. The van der Waals surface area contributed by atoms with Gasteiger partial charge in [0.15, 0.2) is 11.9 Å². The fourth-order valence-electron chi connectivity index (χ4n) is 3.45. The van der Waals surface area contributed by atoms with Crippen LogP contribution in [0.1, 0.15) is 12.5 Å². The zero-order valence-electron chi connectivity index (χ0n) is 19.3. The standard InChI is InChI=1S/C26H18Cl2F3NO5/c1-13(25(34)32-20-11-15(26(29,30)31)5-9-19(20)28)36-24-22(33)18-12-16(27)6-10-21(18)37-23(24)14-3-7-17(35-2)8-4-14/h3-13H,1-2H3,(H,32,34). The topological polar surface area (TPSA) is 77.8 Å².